The van der Waals surface area contributed by atoms with Crippen molar-refractivity contribution in [2.45, 2.75) is 24.3 Å². The van der Waals surface area contributed by atoms with Gasteiger partial charge in [-0.05, 0) is 33.9 Å². The Balaban J connectivity index is 1.38. The lowest BCUT2D eigenvalue weighted by molar-refractivity contribution is -0.139. The predicted molar refractivity (Wildman–Crippen MR) is 121 cm³/mol. The molecule has 2 unspecified atom stereocenters. The molecule has 9 heteroatoms. The van der Waals surface area contributed by atoms with E-state index in [4.69, 9.17) is 4.74 Å². The Morgan fingerprint density at radius 1 is 1.00 bits per heavy atom. The molecule has 3 N–H and O–H groups in total. The topological polar surface area (TPSA) is 95.9 Å². The largest absolute Gasteiger partial charge is 0.449 e. The van der Waals surface area contributed by atoms with Crippen molar-refractivity contribution < 1.29 is 37.7 Å². The maximum Gasteiger partial charge on any atom is 0.416 e. The van der Waals surface area contributed by atoms with Gasteiger partial charge >= 0.3 is 12.3 Å². The van der Waals surface area contributed by atoms with Crippen LogP contribution in [0.15, 0.2) is 66.7 Å². The second-order valence-corrected chi connectivity index (χ2v) is 8.18. The van der Waals surface area contributed by atoms with E-state index in [9.17, 15) is 33.0 Å². The van der Waals surface area contributed by atoms with E-state index in [0.29, 0.717) is 6.07 Å². The van der Waals surface area contributed by atoms with Gasteiger partial charge < -0.3 is 20.3 Å². The van der Waals surface area contributed by atoms with Crippen molar-refractivity contribution in [2.75, 3.05) is 13.2 Å². The monoisotopic (exact) mass is 485 g/mol. The number of carbonyl (C=O) groups is 2. The number of aldehydes is 1. The van der Waals surface area contributed by atoms with Crippen molar-refractivity contribution in [3.63, 3.8) is 0 Å². The number of hydrogen-bond acceptors (Lipinski definition) is 5. The summed E-state index contributed by atoms with van der Waals surface area (Å²) in [5.41, 5.74) is 2.05. The summed E-state index contributed by atoms with van der Waals surface area (Å²) in [4.78, 5) is 23.1. The summed E-state index contributed by atoms with van der Waals surface area (Å²) in [5, 5.41) is 22.8. The Kier molecular flexibility index (Phi) is 6.90. The molecule has 0 saturated heterocycles. The second-order valence-electron chi connectivity index (χ2n) is 8.18. The maximum absolute atomic E-state index is 13.4. The zero-order chi connectivity index (χ0) is 25.2. The minimum absolute atomic E-state index is 0.0177. The highest BCUT2D eigenvalue weighted by atomic mass is 19.4. The summed E-state index contributed by atoms with van der Waals surface area (Å²) in [6.07, 6.45) is -9.19. The van der Waals surface area contributed by atoms with Crippen LogP contribution in [0.4, 0.5) is 18.0 Å². The van der Waals surface area contributed by atoms with Gasteiger partial charge in [0.15, 0.2) is 0 Å². The number of nitrogens with one attached hydrogen (secondary N) is 1. The molecule has 0 radical (unpaired) electrons. The number of alkyl carbamates (subject to hydrolysis) is 1. The van der Waals surface area contributed by atoms with Crippen LogP contribution in [-0.2, 0) is 10.9 Å². The summed E-state index contributed by atoms with van der Waals surface area (Å²) in [6.45, 7) is -0.533. The number of aliphatic hydroxyl groups is 2. The van der Waals surface area contributed by atoms with Crippen LogP contribution < -0.4 is 5.32 Å². The van der Waals surface area contributed by atoms with Crippen LogP contribution in [0.25, 0.3) is 11.1 Å². The average molecular weight is 485 g/mol. The molecule has 182 valence electrons. The van der Waals surface area contributed by atoms with Crippen LogP contribution in [-0.4, -0.2) is 41.8 Å². The fraction of sp³-hybridized carbons (Fsp3) is 0.231. The minimum atomic E-state index is -4.85. The van der Waals surface area contributed by atoms with E-state index in [0.717, 1.165) is 34.4 Å². The Hall–Kier alpha value is -3.69. The number of alkyl halides is 3. The van der Waals surface area contributed by atoms with Crippen LogP contribution in [0.5, 0.6) is 0 Å². The first-order valence-corrected chi connectivity index (χ1v) is 10.8. The molecule has 35 heavy (non-hydrogen) atoms. The molecule has 0 aromatic heterocycles. The van der Waals surface area contributed by atoms with E-state index in [1.54, 1.807) is 0 Å². The molecule has 0 saturated carbocycles. The number of fused-ring (bicyclic) bond motifs is 3. The van der Waals surface area contributed by atoms with Gasteiger partial charge in [0, 0.05) is 18.0 Å². The van der Waals surface area contributed by atoms with Gasteiger partial charge in [0.2, 0.25) is 0 Å². The van der Waals surface area contributed by atoms with E-state index in [1.807, 2.05) is 48.5 Å². The molecule has 0 spiro atoms. The number of aliphatic hydroxyl groups excluding tert-OH is 2. The normalized spacial score (nSPS) is 14.5. The third-order valence-corrected chi connectivity index (χ3v) is 6.00. The molecule has 0 bridgehead atoms. The molecule has 2 atom stereocenters. The highest BCUT2D eigenvalue weighted by Crippen LogP contribution is 2.44. The molecule has 0 fully saturated rings. The number of benzene rings is 3. The molecule has 3 aromatic rings. The van der Waals surface area contributed by atoms with Crippen molar-refractivity contribution in [2.24, 2.45) is 0 Å². The Bertz CT molecular complexity index is 1200. The van der Waals surface area contributed by atoms with Gasteiger partial charge in [-0.25, -0.2) is 4.79 Å². The third kappa shape index (κ3) is 5.06. The van der Waals surface area contributed by atoms with Crippen LogP contribution in [0.2, 0.25) is 0 Å². The van der Waals surface area contributed by atoms with E-state index in [-0.39, 0.29) is 24.4 Å². The molecule has 1 amide bonds. The lowest BCUT2D eigenvalue weighted by atomic mass is 9.96. The number of carbonyl (C=O) groups excluding carboxylic acids is 2. The Morgan fingerprint density at radius 3 is 2.17 bits per heavy atom. The first-order valence-electron chi connectivity index (χ1n) is 10.8. The smallest absolute Gasteiger partial charge is 0.416 e. The lowest BCUT2D eigenvalue weighted by Crippen LogP contribution is -2.36. The molecule has 0 heterocycles. The second kappa shape index (κ2) is 9.89. The van der Waals surface area contributed by atoms with Crippen molar-refractivity contribution in [3.05, 3.63) is 94.5 Å². The highest BCUT2D eigenvalue weighted by Gasteiger charge is 2.37. The van der Waals surface area contributed by atoms with Crippen molar-refractivity contribution in [1.82, 2.24) is 5.32 Å². The molecule has 4 rings (SSSR count). The van der Waals surface area contributed by atoms with Gasteiger partial charge in [-0.2, -0.15) is 13.2 Å². The van der Waals surface area contributed by atoms with Gasteiger partial charge in [0.25, 0.3) is 0 Å². The average Bonchev–Trinajstić information content (AvgIpc) is 3.18. The summed E-state index contributed by atoms with van der Waals surface area (Å²) >= 11 is 0. The van der Waals surface area contributed by atoms with Gasteiger partial charge in [0.05, 0.1) is 5.56 Å². The molecular weight excluding hydrogens is 463 g/mol. The summed E-state index contributed by atoms with van der Waals surface area (Å²) in [6, 6.07) is 18.1. The van der Waals surface area contributed by atoms with Crippen LogP contribution in [0.3, 0.4) is 0 Å². The summed E-state index contributed by atoms with van der Waals surface area (Å²) in [7, 11) is 0. The number of rotatable bonds is 7. The Labute approximate surface area is 199 Å². The van der Waals surface area contributed by atoms with E-state index < -0.39 is 42.1 Å². The highest BCUT2D eigenvalue weighted by molar-refractivity contribution is 5.79. The van der Waals surface area contributed by atoms with Crippen LogP contribution in [0, 0.1) is 0 Å². The van der Waals surface area contributed by atoms with Crippen molar-refractivity contribution in [3.8, 4) is 11.1 Å². The van der Waals surface area contributed by atoms with E-state index in [1.165, 1.54) is 0 Å². The third-order valence-electron chi connectivity index (χ3n) is 6.00. The number of amides is 1. The molecule has 3 aromatic carbocycles. The van der Waals surface area contributed by atoms with E-state index >= 15 is 0 Å². The fourth-order valence-electron chi connectivity index (χ4n) is 4.31. The van der Waals surface area contributed by atoms with E-state index in [2.05, 4.69) is 5.32 Å². The molecular formula is C26H22F3NO5. The van der Waals surface area contributed by atoms with Gasteiger partial charge in [0.1, 0.15) is 25.1 Å². The quantitative estimate of drug-likeness (QED) is 0.430. The van der Waals surface area contributed by atoms with Gasteiger partial charge in [-0.3, -0.25) is 4.79 Å². The number of hydrogen-bond donors (Lipinski definition) is 3. The minimum Gasteiger partial charge on any atom is -0.449 e. The van der Waals surface area contributed by atoms with Gasteiger partial charge in [-0.1, -0.05) is 60.7 Å². The molecule has 6 nitrogen and oxygen atoms in total. The zero-order valence-electron chi connectivity index (χ0n) is 18.3. The van der Waals surface area contributed by atoms with Crippen LogP contribution in [0.1, 0.15) is 44.6 Å². The molecule has 0 aliphatic heterocycles. The van der Waals surface area contributed by atoms with Crippen molar-refractivity contribution >= 4 is 12.4 Å². The van der Waals surface area contributed by atoms with Gasteiger partial charge in [-0.15, -0.1) is 0 Å². The summed E-state index contributed by atoms with van der Waals surface area (Å²) < 4.78 is 45.4. The first kappa shape index (κ1) is 24.4. The summed E-state index contributed by atoms with van der Waals surface area (Å²) in [5.74, 6) is -0.186. The zero-order valence-corrected chi connectivity index (χ0v) is 18.3. The number of ether oxygens (including phenoxy) is 1. The Morgan fingerprint density at radius 2 is 1.60 bits per heavy atom. The SMILES string of the molecule is O=Cc1ccc(C(O)C(O)CNC(=O)OCC2c3ccccc3-c3ccccc32)c(C(F)(F)F)c1. The lowest BCUT2D eigenvalue weighted by Gasteiger charge is -2.22. The maximum atomic E-state index is 13.4. The standard InChI is InChI=1S/C26H22F3NO5/c27-26(28,29)22-11-15(13-31)9-10-20(22)24(33)23(32)12-30-25(34)35-14-21-18-7-3-1-5-16(18)17-6-2-4-8-19(17)21/h1-11,13,21,23-24,32-33H,12,14H2,(H,30,34). The molecule has 1 aliphatic rings. The van der Waals surface area contributed by atoms with Crippen molar-refractivity contribution in [1.29, 1.82) is 0 Å². The van der Waals surface area contributed by atoms with Crippen LogP contribution >= 0.6 is 0 Å². The molecule has 1 aliphatic carbocycles. The fourth-order valence-corrected chi connectivity index (χ4v) is 4.31. The predicted octanol–water partition coefficient (Wildman–Crippen LogP) is 4.45. The number of halogens is 3. The first-order chi connectivity index (χ1) is 16.7.